The standard InChI is InChI=1S/C26H36N4O2/c1-27-26(30-11-10-25(19-30)21-32-20-22-6-3-2-4-7-22)28-17-23-8-5-9-24(16-23)18-29-12-14-31-15-13-29/h2-9,16,25H,10-15,17-21H2,1H3,(H,27,28). The molecule has 0 bridgehead atoms. The number of morpholine rings is 1. The second-order valence-electron chi connectivity index (χ2n) is 8.71. The van der Waals surface area contributed by atoms with Gasteiger partial charge in [0.15, 0.2) is 5.96 Å². The van der Waals surface area contributed by atoms with Gasteiger partial charge >= 0.3 is 0 Å². The lowest BCUT2D eigenvalue weighted by atomic mass is 10.1. The van der Waals surface area contributed by atoms with Gasteiger partial charge in [0.1, 0.15) is 0 Å². The zero-order chi connectivity index (χ0) is 22.0. The summed E-state index contributed by atoms with van der Waals surface area (Å²) in [5, 5.41) is 3.56. The van der Waals surface area contributed by atoms with Crippen molar-refractivity contribution in [2.75, 3.05) is 53.0 Å². The minimum Gasteiger partial charge on any atom is -0.379 e. The molecule has 2 aliphatic rings. The van der Waals surface area contributed by atoms with Crippen LogP contribution in [0.2, 0.25) is 0 Å². The van der Waals surface area contributed by atoms with E-state index in [1.165, 1.54) is 16.7 Å². The molecule has 1 unspecified atom stereocenters. The quantitative estimate of drug-likeness (QED) is 0.509. The molecule has 0 saturated carbocycles. The molecule has 1 atom stereocenters. The molecular weight excluding hydrogens is 400 g/mol. The van der Waals surface area contributed by atoms with Crippen molar-refractivity contribution in [1.82, 2.24) is 15.1 Å². The van der Waals surface area contributed by atoms with Crippen molar-refractivity contribution in [2.24, 2.45) is 10.9 Å². The maximum atomic E-state index is 5.97. The first-order chi connectivity index (χ1) is 15.8. The lowest BCUT2D eigenvalue weighted by Gasteiger charge is -2.26. The molecular formula is C26H36N4O2. The second-order valence-corrected chi connectivity index (χ2v) is 8.71. The normalized spacial score (nSPS) is 20.0. The first-order valence-electron chi connectivity index (χ1n) is 11.8. The zero-order valence-electron chi connectivity index (χ0n) is 19.2. The zero-order valence-corrected chi connectivity index (χ0v) is 19.2. The molecule has 0 aromatic heterocycles. The molecule has 2 aromatic rings. The minimum atomic E-state index is 0.550. The maximum absolute atomic E-state index is 5.97. The smallest absolute Gasteiger partial charge is 0.193 e. The molecule has 2 saturated heterocycles. The molecule has 2 aromatic carbocycles. The third-order valence-electron chi connectivity index (χ3n) is 6.21. The Labute approximate surface area is 192 Å². The summed E-state index contributed by atoms with van der Waals surface area (Å²) in [5.74, 6) is 1.53. The molecule has 0 spiro atoms. The summed E-state index contributed by atoms with van der Waals surface area (Å²) < 4.78 is 11.4. The van der Waals surface area contributed by atoms with E-state index in [1.54, 1.807) is 0 Å². The average Bonchev–Trinajstić information content (AvgIpc) is 3.30. The van der Waals surface area contributed by atoms with E-state index >= 15 is 0 Å². The Bertz CT molecular complexity index is 852. The van der Waals surface area contributed by atoms with Crippen LogP contribution in [0.5, 0.6) is 0 Å². The monoisotopic (exact) mass is 436 g/mol. The Hall–Kier alpha value is -2.41. The van der Waals surface area contributed by atoms with Gasteiger partial charge in [-0.25, -0.2) is 0 Å². The van der Waals surface area contributed by atoms with Gasteiger partial charge in [0.05, 0.1) is 26.4 Å². The number of likely N-dealkylation sites (tertiary alicyclic amines) is 1. The Morgan fingerprint density at radius 1 is 1.03 bits per heavy atom. The van der Waals surface area contributed by atoms with E-state index in [2.05, 4.69) is 68.6 Å². The number of guanidine groups is 1. The summed E-state index contributed by atoms with van der Waals surface area (Å²) in [5.41, 5.74) is 3.88. The summed E-state index contributed by atoms with van der Waals surface area (Å²) >= 11 is 0. The van der Waals surface area contributed by atoms with Gasteiger partial charge in [0, 0.05) is 52.2 Å². The van der Waals surface area contributed by atoms with Gasteiger partial charge in [0.25, 0.3) is 0 Å². The third-order valence-corrected chi connectivity index (χ3v) is 6.21. The van der Waals surface area contributed by atoms with Crippen LogP contribution < -0.4 is 5.32 Å². The van der Waals surface area contributed by atoms with Gasteiger partial charge < -0.3 is 19.7 Å². The predicted molar refractivity (Wildman–Crippen MR) is 129 cm³/mol. The second kappa shape index (κ2) is 12.0. The van der Waals surface area contributed by atoms with E-state index in [1.807, 2.05) is 13.1 Å². The SMILES string of the molecule is CN=C(NCc1cccc(CN2CCOCC2)c1)N1CCC(COCc2ccccc2)C1. The highest BCUT2D eigenvalue weighted by atomic mass is 16.5. The van der Waals surface area contributed by atoms with Crippen molar-refractivity contribution in [1.29, 1.82) is 0 Å². The van der Waals surface area contributed by atoms with Gasteiger partial charge in [-0.3, -0.25) is 9.89 Å². The van der Waals surface area contributed by atoms with E-state index in [0.29, 0.717) is 12.5 Å². The summed E-state index contributed by atoms with van der Waals surface area (Å²) in [7, 11) is 1.87. The van der Waals surface area contributed by atoms with E-state index in [0.717, 1.165) is 71.5 Å². The Balaban J connectivity index is 1.21. The molecule has 0 amide bonds. The van der Waals surface area contributed by atoms with Crippen LogP contribution in [0.1, 0.15) is 23.1 Å². The average molecular weight is 437 g/mol. The molecule has 6 heteroatoms. The molecule has 0 aliphatic carbocycles. The number of ether oxygens (including phenoxy) is 2. The van der Waals surface area contributed by atoms with Crippen molar-refractivity contribution in [3.05, 3.63) is 71.3 Å². The van der Waals surface area contributed by atoms with Crippen molar-refractivity contribution in [3.63, 3.8) is 0 Å². The summed E-state index contributed by atoms with van der Waals surface area (Å²) in [6.07, 6.45) is 1.14. The molecule has 4 rings (SSSR count). The van der Waals surface area contributed by atoms with Crippen LogP contribution in [0.4, 0.5) is 0 Å². The molecule has 6 nitrogen and oxygen atoms in total. The molecule has 2 fully saturated rings. The minimum absolute atomic E-state index is 0.550. The van der Waals surface area contributed by atoms with Crippen molar-refractivity contribution >= 4 is 5.96 Å². The number of aliphatic imine (C=N–C) groups is 1. The number of hydrogen-bond donors (Lipinski definition) is 1. The van der Waals surface area contributed by atoms with Gasteiger partial charge in [-0.2, -0.15) is 0 Å². The van der Waals surface area contributed by atoms with Crippen LogP contribution in [-0.4, -0.2) is 68.8 Å². The predicted octanol–water partition coefficient (Wildman–Crippen LogP) is 3.13. The highest BCUT2D eigenvalue weighted by Gasteiger charge is 2.25. The Morgan fingerprint density at radius 3 is 2.62 bits per heavy atom. The molecule has 32 heavy (non-hydrogen) atoms. The fourth-order valence-corrected chi connectivity index (χ4v) is 4.45. The Kier molecular flexibility index (Phi) is 8.54. The lowest BCUT2D eigenvalue weighted by Crippen LogP contribution is -2.39. The van der Waals surface area contributed by atoms with E-state index in [9.17, 15) is 0 Å². The van der Waals surface area contributed by atoms with E-state index in [-0.39, 0.29) is 0 Å². The maximum Gasteiger partial charge on any atom is 0.193 e. The van der Waals surface area contributed by atoms with Crippen LogP contribution in [-0.2, 0) is 29.2 Å². The molecule has 0 radical (unpaired) electrons. The number of hydrogen-bond acceptors (Lipinski definition) is 4. The highest BCUT2D eigenvalue weighted by molar-refractivity contribution is 5.80. The van der Waals surface area contributed by atoms with Crippen LogP contribution in [0, 0.1) is 5.92 Å². The van der Waals surface area contributed by atoms with Gasteiger partial charge in [-0.1, -0.05) is 54.6 Å². The highest BCUT2D eigenvalue weighted by Crippen LogP contribution is 2.18. The largest absolute Gasteiger partial charge is 0.379 e. The van der Waals surface area contributed by atoms with Crippen molar-refractivity contribution < 1.29 is 9.47 Å². The number of rotatable bonds is 8. The lowest BCUT2D eigenvalue weighted by molar-refractivity contribution is 0.0342. The topological polar surface area (TPSA) is 49.3 Å². The van der Waals surface area contributed by atoms with Crippen molar-refractivity contribution in [2.45, 2.75) is 26.1 Å². The van der Waals surface area contributed by atoms with E-state index in [4.69, 9.17) is 9.47 Å². The van der Waals surface area contributed by atoms with E-state index < -0.39 is 0 Å². The molecule has 172 valence electrons. The van der Waals surface area contributed by atoms with Crippen molar-refractivity contribution in [3.8, 4) is 0 Å². The van der Waals surface area contributed by atoms with Crippen LogP contribution in [0.15, 0.2) is 59.6 Å². The molecule has 1 N–H and O–H groups in total. The summed E-state index contributed by atoms with van der Waals surface area (Å²) in [4.78, 5) is 9.34. The fraction of sp³-hybridized carbons (Fsp3) is 0.500. The molecule has 2 heterocycles. The third kappa shape index (κ3) is 6.79. The number of nitrogens with zero attached hydrogens (tertiary/aromatic N) is 3. The van der Waals surface area contributed by atoms with Crippen LogP contribution in [0.3, 0.4) is 0 Å². The van der Waals surface area contributed by atoms with Gasteiger partial charge in [0.2, 0.25) is 0 Å². The summed E-state index contributed by atoms with van der Waals surface area (Å²) in [6.45, 7) is 8.98. The number of nitrogens with one attached hydrogen (secondary N) is 1. The molecule has 2 aliphatic heterocycles. The fourth-order valence-electron chi connectivity index (χ4n) is 4.45. The first kappa shape index (κ1) is 22.8. The van der Waals surface area contributed by atoms with Gasteiger partial charge in [-0.05, 0) is 23.1 Å². The Morgan fingerprint density at radius 2 is 1.81 bits per heavy atom. The van der Waals surface area contributed by atoms with Crippen LogP contribution in [0.25, 0.3) is 0 Å². The van der Waals surface area contributed by atoms with Crippen LogP contribution >= 0.6 is 0 Å². The first-order valence-corrected chi connectivity index (χ1v) is 11.8. The van der Waals surface area contributed by atoms with Gasteiger partial charge in [-0.15, -0.1) is 0 Å². The summed E-state index contributed by atoms with van der Waals surface area (Å²) in [6, 6.07) is 19.3. The number of benzene rings is 2.